The van der Waals surface area contributed by atoms with Crippen LogP contribution >= 0.6 is 0 Å². The Bertz CT molecular complexity index is 1400. The molecule has 0 aliphatic carbocycles. The van der Waals surface area contributed by atoms with Gasteiger partial charge >= 0.3 is 0 Å². The van der Waals surface area contributed by atoms with Crippen LogP contribution in [-0.2, 0) is 16.0 Å². The largest absolute Gasteiger partial charge is 0.424 e. The predicted molar refractivity (Wildman–Crippen MR) is 139 cm³/mol. The first-order valence-electron chi connectivity index (χ1n) is 12.4. The van der Waals surface area contributed by atoms with E-state index in [0.29, 0.717) is 67.8 Å². The Balaban J connectivity index is 1.26. The molecule has 0 amide bonds. The first-order valence-corrected chi connectivity index (χ1v) is 12.4. The molecule has 2 aliphatic rings. The van der Waals surface area contributed by atoms with E-state index in [-0.39, 0.29) is 5.69 Å². The molecule has 2 aliphatic heterocycles. The predicted octanol–water partition coefficient (Wildman–Crippen LogP) is 2.87. The molecule has 0 saturated carbocycles. The van der Waals surface area contributed by atoms with Gasteiger partial charge in [0.25, 0.3) is 11.7 Å². The molecule has 0 atom stereocenters. The second-order valence-corrected chi connectivity index (χ2v) is 8.94. The molecule has 1 N–H and O–H groups in total. The zero-order chi connectivity index (χ0) is 25.9. The van der Waals surface area contributed by atoms with E-state index in [1.54, 1.807) is 12.1 Å². The first-order chi connectivity index (χ1) is 18.6. The summed E-state index contributed by atoms with van der Waals surface area (Å²) < 4.78 is 16.9. The Hall–Kier alpha value is -4.36. The summed E-state index contributed by atoms with van der Waals surface area (Å²) >= 11 is 0. The Morgan fingerprint density at radius 2 is 1.47 bits per heavy atom. The number of benzene rings is 2. The van der Waals surface area contributed by atoms with Crippen LogP contribution in [0.4, 0.5) is 23.6 Å². The molecular weight excluding hydrogens is 492 g/mol. The van der Waals surface area contributed by atoms with Crippen molar-refractivity contribution in [3.05, 3.63) is 58.1 Å². The lowest BCUT2D eigenvalue weighted by atomic mass is 10.2. The molecule has 0 radical (unpaired) electrons. The molecule has 38 heavy (non-hydrogen) atoms. The molecule has 4 heterocycles. The molecule has 2 fully saturated rings. The third kappa shape index (κ3) is 5.19. The van der Waals surface area contributed by atoms with Gasteiger partial charge in [0.15, 0.2) is 11.4 Å². The molecular formula is C25H26N8O5. The number of anilines is 3. The summed E-state index contributed by atoms with van der Waals surface area (Å²) in [4.78, 5) is 33.6. The fourth-order valence-electron chi connectivity index (χ4n) is 4.35. The van der Waals surface area contributed by atoms with Crippen LogP contribution in [0.15, 0.2) is 46.9 Å². The SMILES string of the molecule is O=[N+]([O-])c1ccc(CNc2nc3cc(-c4nc(N5CCOCC5)nc(N5CCOCC5)n4)ccc3o2)cc1. The fourth-order valence-corrected chi connectivity index (χ4v) is 4.35. The van der Waals surface area contributed by atoms with E-state index in [2.05, 4.69) is 20.1 Å². The van der Waals surface area contributed by atoms with Gasteiger partial charge in [-0.1, -0.05) is 12.1 Å². The molecule has 196 valence electrons. The lowest BCUT2D eigenvalue weighted by molar-refractivity contribution is -0.384. The van der Waals surface area contributed by atoms with Crippen LogP contribution in [-0.4, -0.2) is 77.5 Å². The van der Waals surface area contributed by atoms with Gasteiger partial charge in [-0.15, -0.1) is 0 Å². The van der Waals surface area contributed by atoms with Gasteiger partial charge in [-0.2, -0.15) is 19.9 Å². The number of nitro benzene ring substituents is 1. The number of non-ortho nitro benzene ring substituents is 1. The average molecular weight is 519 g/mol. The fraction of sp³-hybridized carbons (Fsp3) is 0.360. The van der Waals surface area contributed by atoms with E-state index >= 15 is 0 Å². The summed E-state index contributed by atoms with van der Waals surface area (Å²) in [6.07, 6.45) is 0. The summed E-state index contributed by atoms with van der Waals surface area (Å²) in [5.41, 5.74) is 3.01. The molecule has 0 bridgehead atoms. The van der Waals surface area contributed by atoms with Crippen LogP contribution < -0.4 is 15.1 Å². The molecule has 2 saturated heterocycles. The Labute approximate surface area is 217 Å². The maximum absolute atomic E-state index is 10.9. The van der Waals surface area contributed by atoms with Crippen LogP contribution in [0.5, 0.6) is 0 Å². The first kappa shape index (κ1) is 24.0. The summed E-state index contributed by atoms with van der Waals surface area (Å²) in [7, 11) is 0. The Morgan fingerprint density at radius 3 is 2.08 bits per heavy atom. The number of fused-ring (bicyclic) bond motifs is 1. The number of nitrogens with zero attached hydrogens (tertiary/aromatic N) is 7. The van der Waals surface area contributed by atoms with Gasteiger partial charge in [0.05, 0.1) is 31.4 Å². The number of ether oxygens (including phenoxy) is 2. The van der Waals surface area contributed by atoms with Gasteiger partial charge in [-0.25, -0.2) is 0 Å². The van der Waals surface area contributed by atoms with E-state index in [4.69, 9.17) is 28.8 Å². The molecule has 0 unspecified atom stereocenters. The number of nitrogens with one attached hydrogen (secondary N) is 1. The number of aromatic nitrogens is 4. The van der Waals surface area contributed by atoms with E-state index in [9.17, 15) is 10.1 Å². The second-order valence-electron chi connectivity index (χ2n) is 8.94. The zero-order valence-corrected chi connectivity index (χ0v) is 20.6. The van der Waals surface area contributed by atoms with Crippen LogP contribution in [0, 0.1) is 10.1 Å². The van der Waals surface area contributed by atoms with E-state index in [0.717, 1.165) is 37.3 Å². The van der Waals surface area contributed by atoms with Crippen molar-refractivity contribution in [1.82, 2.24) is 19.9 Å². The van der Waals surface area contributed by atoms with Crippen molar-refractivity contribution in [3.8, 4) is 11.4 Å². The minimum absolute atomic E-state index is 0.0510. The second kappa shape index (κ2) is 10.6. The maximum atomic E-state index is 10.9. The standard InChI is InChI=1S/C25H26N8O5/c34-33(35)19-4-1-17(2-5-19)16-26-25-27-20-15-18(3-6-21(20)38-25)22-28-23(31-7-11-36-12-8-31)30-24(29-22)32-9-13-37-14-10-32/h1-6,15H,7-14,16H2,(H,26,27). The van der Waals surface area contributed by atoms with E-state index in [1.165, 1.54) is 12.1 Å². The van der Waals surface area contributed by atoms with Gasteiger partial charge in [0.2, 0.25) is 11.9 Å². The third-order valence-corrected chi connectivity index (χ3v) is 6.44. The minimum atomic E-state index is -0.421. The van der Waals surface area contributed by atoms with Crippen molar-refractivity contribution in [3.63, 3.8) is 0 Å². The van der Waals surface area contributed by atoms with Crippen molar-refractivity contribution < 1.29 is 18.8 Å². The molecule has 0 spiro atoms. The lowest BCUT2D eigenvalue weighted by Gasteiger charge is -2.30. The number of morpholine rings is 2. The summed E-state index contributed by atoms with van der Waals surface area (Å²) in [6, 6.07) is 12.4. The van der Waals surface area contributed by atoms with Crippen molar-refractivity contribution in [2.75, 3.05) is 67.7 Å². The molecule has 4 aromatic rings. The topological polar surface area (TPSA) is 145 Å². The van der Waals surface area contributed by atoms with Crippen molar-refractivity contribution in [1.29, 1.82) is 0 Å². The van der Waals surface area contributed by atoms with Gasteiger partial charge in [-0.3, -0.25) is 10.1 Å². The highest BCUT2D eigenvalue weighted by molar-refractivity contribution is 5.80. The van der Waals surface area contributed by atoms with Crippen molar-refractivity contribution >= 4 is 34.7 Å². The minimum Gasteiger partial charge on any atom is -0.424 e. The number of rotatable bonds is 7. The smallest absolute Gasteiger partial charge is 0.295 e. The highest BCUT2D eigenvalue weighted by Crippen LogP contribution is 2.27. The van der Waals surface area contributed by atoms with Crippen LogP contribution in [0.3, 0.4) is 0 Å². The molecule has 2 aromatic carbocycles. The van der Waals surface area contributed by atoms with E-state index in [1.807, 2.05) is 18.2 Å². The van der Waals surface area contributed by atoms with Crippen LogP contribution in [0.1, 0.15) is 5.56 Å². The Kier molecular flexibility index (Phi) is 6.67. The van der Waals surface area contributed by atoms with Gasteiger partial charge in [-0.05, 0) is 23.8 Å². The number of hydrogen-bond acceptors (Lipinski definition) is 12. The lowest BCUT2D eigenvalue weighted by Crippen LogP contribution is -2.40. The Morgan fingerprint density at radius 1 is 0.842 bits per heavy atom. The van der Waals surface area contributed by atoms with Gasteiger partial charge in [0, 0.05) is 50.4 Å². The highest BCUT2D eigenvalue weighted by Gasteiger charge is 2.21. The summed E-state index contributed by atoms with van der Waals surface area (Å²) in [5.74, 6) is 1.82. The van der Waals surface area contributed by atoms with Crippen LogP contribution in [0.25, 0.3) is 22.5 Å². The molecule has 2 aromatic heterocycles. The van der Waals surface area contributed by atoms with Crippen molar-refractivity contribution in [2.24, 2.45) is 0 Å². The highest BCUT2D eigenvalue weighted by atomic mass is 16.6. The monoisotopic (exact) mass is 518 g/mol. The van der Waals surface area contributed by atoms with Crippen LogP contribution in [0.2, 0.25) is 0 Å². The number of oxazole rings is 1. The normalized spacial score (nSPS) is 16.1. The molecule has 13 nitrogen and oxygen atoms in total. The third-order valence-electron chi connectivity index (χ3n) is 6.44. The number of hydrogen-bond donors (Lipinski definition) is 1. The summed E-state index contributed by atoms with van der Waals surface area (Å²) in [5, 5.41) is 14.0. The van der Waals surface area contributed by atoms with Gasteiger partial charge in [0.1, 0.15) is 5.52 Å². The van der Waals surface area contributed by atoms with Gasteiger partial charge < -0.3 is 29.0 Å². The molecule has 6 rings (SSSR count). The van der Waals surface area contributed by atoms with E-state index < -0.39 is 4.92 Å². The quantitative estimate of drug-likeness (QED) is 0.284. The number of nitro groups is 1. The van der Waals surface area contributed by atoms with Crippen molar-refractivity contribution in [2.45, 2.75) is 6.54 Å². The summed E-state index contributed by atoms with van der Waals surface area (Å²) in [6.45, 7) is 5.83. The molecule has 13 heteroatoms. The maximum Gasteiger partial charge on any atom is 0.295 e. The average Bonchev–Trinajstić information content (AvgIpc) is 3.39. The zero-order valence-electron chi connectivity index (χ0n) is 20.6.